The lowest BCUT2D eigenvalue weighted by atomic mass is 9.33. The predicted molar refractivity (Wildman–Crippen MR) is 484 cm³/mol. The molecule has 0 fully saturated rings. The average Bonchev–Trinajstić information content (AvgIpc) is 1.50. The van der Waals surface area contributed by atoms with E-state index in [-0.39, 0.29) is 39.2 Å². The van der Waals surface area contributed by atoms with E-state index in [0.29, 0.717) is 0 Å². The lowest BCUT2D eigenvalue weighted by Gasteiger charge is -2.45. The molecule has 0 spiro atoms. The summed E-state index contributed by atoms with van der Waals surface area (Å²) in [7, 11) is 0. The van der Waals surface area contributed by atoms with Gasteiger partial charge < -0.3 is 18.9 Å². The third-order valence-electron chi connectivity index (χ3n) is 26.7. The number of rotatable bonds is 9. The molecule has 16 aromatic rings. The predicted octanol–water partition coefficient (Wildman–Crippen LogP) is 27.6. The van der Waals surface area contributed by atoms with Crippen molar-refractivity contribution in [3.8, 4) is 67.0 Å². The molecule has 0 atom stereocenters. The highest BCUT2D eigenvalue weighted by atomic mass is 15.2. The minimum atomic E-state index is -0.209. The number of benzene rings is 14. The maximum atomic E-state index is 2.66. The van der Waals surface area contributed by atoms with Gasteiger partial charge in [-0.15, -0.1) is 0 Å². The molecular formula is C108H99BN4. The topological polar surface area (TPSA) is 16.3 Å². The second-order valence-electron chi connectivity index (χ2n) is 37.8. The maximum Gasteiger partial charge on any atom is 0.252 e. The molecule has 20 rings (SSSR count). The minimum absolute atomic E-state index is 0.0333. The normalized spacial score (nSPS) is 15.8. The van der Waals surface area contributed by atoms with Gasteiger partial charge in [0.2, 0.25) is 0 Å². The van der Waals surface area contributed by atoms with Crippen LogP contribution in [0.5, 0.6) is 0 Å². The monoisotopic (exact) mass is 1460 g/mol. The molecule has 0 unspecified atom stereocenters. The summed E-state index contributed by atoms with van der Waals surface area (Å²) in [4.78, 5) is 5.29. The molecule has 2 aliphatic carbocycles. The summed E-state index contributed by atoms with van der Waals surface area (Å²) in [6.45, 7) is 33.3. The van der Waals surface area contributed by atoms with Crippen LogP contribution in [0.25, 0.3) is 111 Å². The van der Waals surface area contributed by atoms with Gasteiger partial charge in [-0.25, -0.2) is 0 Å². The summed E-state index contributed by atoms with van der Waals surface area (Å²) in [6, 6.07) is 115. The SMILES string of the molecule is CC(C)(C)c1ccc2c(c1)c1ccccc1n2-c1ccc2c(c1)N(c1ccc(-c3ccc4c(c3)C(C)(C)CCC4(C)C)cc1)c1cc(-n3c4ccc(-c5ccccc5)cc4c4cc(-c5ccccc5)ccc43)cc3c1B2c1cc(-c2ccccc2C(C)(C)C)ccc1N3c1ccc(-c2ccc3c(c2)C(C)(C)CCC3(C)C)cc1. The highest BCUT2D eigenvalue weighted by Crippen LogP contribution is 2.53. The lowest BCUT2D eigenvalue weighted by molar-refractivity contribution is 0.332. The first-order valence-corrected chi connectivity index (χ1v) is 41.2. The quantitative estimate of drug-likeness (QED) is 0.134. The van der Waals surface area contributed by atoms with Crippen LogP contribution in [-0.4, -0.2) is 15.8 Å². The van der Waals surface area contributed by atoms with Gasteiger partial charge in [0.25, 0.3) is 6.71 Å². The summed E-state index contributed by atoms with van der Waals surface area (Å²) >= 11 is 0. The van der Waals surface area contributed by atoms with Crippen LogP contribution in [0.2, 0.25) is 0 Å². The molecule has 4 heterocycles. The zero-order valence-electron chi connectivity index (χ0n) is 68.0. The Kier molecular flexibility index (Phi) is 15.9. The Labute approximate surface area is 668 Å². The molecule has 4 aliphatic rings. The van der Waals surface area contributed by atoms with E-state index >= 15 is 0 Å². The number of aromatic nitrogens is 2. The van der Waals surface area contributed by atoms with Crippen molar-refractivity contribution in [2.24, 2.45) is 0 Å². The Hall–Kier alpha value is -11.7. The number of fused-ring (bicyclic) bond motifs is 12. The Morgan fingerprint density at radius 1 is 0.265 bits per heavy atom. The fraction of sp³-hybridized carbons (Fsp3) is 0.222. The van der Waals surface area contributed by atoms with E-state index < -0.39 is 0 Å². The maximum absolute atomic E-state index is 2.66. The Balaban J connectivity index is 0.885. The molecule has 113 heavy (non-hydrogen) atoms. The fourth-order valence-electron chi connectivity index (χ4n) is 20.1. The van der Waals surface area contributed by atoms with E-state index in [0.717, 1.165) is 69.4 Å². The second-order valence-corrected chi connectivity index (χ2v) is 37.8. The van der Waals surface area contributed by atoms with Gasteiger partial charge in [-0.3, -0.25) is 0 Å². The van der Waals surface area contributed by atoms with Crippen LogP contribution in [0.4, 0.5) is 34.1 Å². The van der Waals surface area contributed by atoms with Crippen LogP contribution >= 0.6 is 0 Å². The highest BCUT2D eigenvalue weighted by molar-refractivity contribution is 7.00. The van der Waals surface area contributed by atoms with Crippen molar-refractivity contribution in [3.63, 3.8) is 0 Å². The van der Waals surface area contributed by atoms with E-state index in [2.05, 4.69) is 413 Å². The van der Waals surface area contributed by atoms with E-state index in [9.17, 15) is 0 Å². The molecule has 0 N–H and O–H groups in total. The molecule has 0 amide bonds. The number of para-hydroxylation sites is 1. The largest absolute Gasteiger partial charge is 0.311 e. The minimum Gasteiger partial charge on any atom is -0.311 e. The van der Waals surface area contributed by atoms with Crippen LogP contribution in [-0.2, 0) is 32.5 Å². The molecule has 2 aliphatic heterocycles. The Morgan fingerprint density at radius 2 is 0.673 bits per heavy atom. The zero-order valence-corrected chi connectivity index (χ0v) is 68.0. The molecule has 0 bridgehead atoms. The third-order valence-corrected chi connectivity index (χ3v) is 26.7. The summed E-state index contributed by atoms with van der Waals surface area (Å²) < 4.78 is 5.12. The molecular weight excluding hydrogens is 1360 g/mol. The van der Waals surface area contributed by atoms with Crippen LogP contribution < -0.4 is 26.2 Å². The molecule has 5 heteroatoms. The summed E-state index contributed by atoms with van der Waals surface area (Å²) in [5, 5.41) is 4.92. The van der Waals surface area contributed by atoms with Gasteiger partial charge in [-0.05, 0) is 261 Å². The van der Waals surface area contributed by atoms with Gasteiger partial charge in [0.15, 0.2) is 0 Å². The molecule has 4 nitrogen and oxygen atoms in total. The molecule has 14 aromatic carbocycles. The first-order chi connectivity index (χ1) is 54.2. The first-order valence-electron chi connectivity index (χ1n) is 41.2. The van der Waals surface area contributed by atoms with E-state index in [1.165, 1.54) is 151 Å². The molecule has 0 saturated carbocycles. The van der Waals surface area contributed by atoms with Crippen molar-refractivity contribution in [1.29, 1.82) is 0 Å². The van der Waals surface area contributed by atoms with Crippen LogP contribution in [0.15, 0.2) is 297 Å². The van der Waals surface area contributed by atoms with E-state index in [1.807, 2.05) is 0 Å². The molecule has 0 radical (unpaired) electrons. The smallest absolute Gasteiger partial charge is 0.252 e. The van der Waals surface area contributed by atoms with Gasteiger partial charge in [0.1, 0.15) is 0 Å². The molecule has 554 valence electrons. The van der Waals surface area contributed by atoms with Crippen molar-refractivity contribution in [3.05, 3.63) is 331 Å². The van der Waals surface area contributed by atoms with Crippen LogP contribution in [0, 0.1) is 0 Å². The Bertz CT molecular complexity index is 6470. The van der Waals surface area contributed by atoms with Crippen molar-refractivity contribution in [2.75, 3.05) is 9.80 Å². The fourth-order valence-corrected chi connectivity index (χ4v) is 20.1. The second kappa shape index (κ2) is 25.4. The average molecular weight is 1460 g/mol. The molecule has 2 aromatic heterocycles. The Morgan fingerprint density at radius 3 is 1.21 bits per heavy atom. The summed E-state index contributed by atoms with van der Waals surface area (Å²) in [6.07, 6.45) is 4.68. The van der Waals surface area contributed by atoms with Crippen molar-refractivity contribution < 1.29 is 0 Å². The standard InChI is InChI=1S/C108H99BN4/c1-103(2,3)77-42-54-97-86(64-77)83-30-22-24-32-94(83)112(97)80-47-50-92-99(65-80)111(79-45-35-71(36-46-79)75-38-49-89-91(62-75)108(13,14)58-56-106(89,9)10)101-67-81(113-95-51-39-72(68-25-17-15-18-26-68)59-84(95)85-60-73(40-52-96(85)113)69-27-19-16-20-28-69)66-100-102(101)109(92)93-63-76(82-29-21-23-31-87(82)104(4,5)6)41-53-98(93)110(100)78-43-33-70(34-44-78)74-37-48-88-90(61-74)107(11,12)57-55-105(88,7)8/h15-54,59-67H,55-58H2,1-14H3. The van der Waals surface area contributed by atoms with Gasteiger partial charge in [0.05, 0.1) is 27.8 Å². The molecule has 0 saturated heterocycles. The third kappa shape index (κ3) is 11.4. The van der Waals surface area contributed by atoms with Crippen molar-refractivity contribution in [1.82, 2.24) is 9.13 Å². The van der Waals surface area contributed by atoms with Gasteiger partial charge in [-0.2, -0.15) is 0 Å². The van der Waals surface area contributed by atoms with Gasteiger partial charge >= 0.3 is 0 Å². The zero-order chi connectivity index (χ0) is 77.6. The summed E-state index contributed by atoms with van der Waals surface area (Å²) in [5.41, 5.74) is 38.4. The number of hydrogen-bond donors (Lipinski definition) is 0. The van der Waals surface area contributed by atoms with Crippen LogP contribution in [0.1, 0.15) is 156 Å². The summed E-state index contributed by atoms with van der Waals surface area (Å²) in [5.74, 6) is 0. The highest BCUT2D eigenvalue weighted by Gasteiger charge is 2.46. The number of hydrogen-bond acceptors (Lipinski definition) is 2. The lowest BCUT2D eigenvalue weighted by Crippen LogP contribution is -2.61. The van der Waals surface area contributed by atoms with Gasteiger partial charge in [0, 0.05) is 61.4 Å². The van der Waals surface area contributed by atoms with E-state index in [4.69, 9.17) is 0 Å². The number of nitrogens with zero attached hydrogens (tertiary/aromatic N) is 4. The van der Waals surface area contributed by atoms with Crippen molar-refractivity contribution in [2.45, 2.75) is 155 Å². The van der Waals surface area contributed by atoms with E-state index in [1.54, 1.807) is 0 Å². The number of anilines is 6. The van der Waals surface area contributed by atoms with Gasteiger partial charge in [-0.1, -0.05) is 297 Å². The van der Waals surface area contributed by atoms with Crippen molar-refractivity contribution >= 4 is 101 Å². The van der Waals surface area contributed by atoms with Crippen LogP contribution in [0.3, 0.4) is 0 Å². The first kappa shape index (κ1) is 70.5.